The molecule has 0 aromatic carbocycles. The molecule has 0 aliphatic heterocycles. The van der Waals surface area contributed by atoms with Crippen molar-refractivity contribution in [3.63, 3.8) is 0 Å². The molecule has 0 N–H and O–H groups in total. The Kier molecular flexibility index (Phi) is 16.5. The Morgan fingerprint density at radius 3 is 1.64 bits per heavy atom. The normalized spacial score (nSPS) is 11.4. The fraction of sp³-hybridized carbons (Fsp3) is 0.885. The van der Waals surface area contributed by atoms with Crippen LogP contribution in [-0.2, 0) is 19.5 Å². The van der Waals surface area contributed by atoms with Crippen LogP contribution in [0.2, 0.25) is 0 Å². The summed E-state index contributed by atoms with van der Waals surface area (Å²) in [5.74, 6) is 1.57. The fourth-order valence-electron chi connectivity index (χ4n) is 4.27. The SMILES string of the molecule is CCCCCCCCCCCCCn1cc[n+](CCC)c1CCCCCCC. The first-order chi connectivity index (χ1) is 13.8. The van der Waals surface area contributed by atoms with Crippen LogP contribution in [0, 0.1) is 0 Å². The number of hydrogen-bond acceptors (Lipinski definition) is 0. The third-order valence-corrected chi connectivity index (χ3v) is 6.06. The van der Waals surface area contributed by atoms with Gasteiger partial charge in [0.2, 0.25) is 0 Å². The van der Waals surface area contributed by atoms with Crippen molar-refractivity contribution >= 4 is 0 Å². The zero-order chi connectivity index (χ0) is 20.3. The van der Waals surface area contributed by atoms with E-state index in [9.17, 15) is 0 Å². The van der Waals surface area contributed by atoms with E-state index in [-0.39, 0.29) is 0 Å². The monoisotopic (exact) mass is 391 g/mol. The van der Waals surface area contributed by atoms with Crippen LogP contribution in [0.3, 0.4) is 0 Å². The molecule has 0 aliphatic carbocycles. The third kappa shape index (κ3) is 11.9. The first-order valence-electron chi connectivity index (χ1n) is 12.9. The lowest BCUT2D eigenvalue weighted by molar-refractivity contribution is -0.703. The van der Waals surface area contributed by atoms with Gasteiger partial charge in [-0.05, 0) is 25.7 Å². The molecule has 0 spiro atoms. The fourth-order valence-corrected chi connectivity index (χ4v) is 4.27. The number of imidazole rings is 1. The molecular formula is C26H51N2+. The second-order valence-corrected chi connectivity index (χ2v) is 8.80. The van der Waals surface area contributed by atoms with E-state index in [0.717, 1.165) is 0 Å². The molecule has 1 rings (SSSR count). The van der Waals surface area contributed by atoms with E-state index in [4.69, 9.17) is 0 Å². The van der Waals surface area contributed by atoms with Crippen molar-refractivity contribution in [1.29, 1.82) is 0 Å². The number of unbranched alkanes of at least 4 members (excludes halogenated alkanes) is 14. The van der Waals surface area contributed by atoms with Crippen LogP contribution in [0.1, 0.15) is 136 Å². The van der Waals surface area contributed by atoms with Crippen LogP contribution >= 0.6 is 0 Å². The summed E-state index contributed by atoms with van der Waals surface area (Å²) in [6.45, 7) is 9.29. The molecule has 1 aromatic heterocycles. The van der Waals surface area contributed by atoms with E-state index in [2.05, 4.69) is 42.3 Å². The third-order valence-electron chi connectivity index (χ3n) is 6.06. The van der Waals surface area contributed by atoms with Gasteiger partial charge >= 0.3 is 0 Å². The Morgan fingerprint density at radius 2 is 1.11 bits per heavy atom. The van der Waals surface area contributed by atoms with Crippen molar-refractivity contribution in [2.75, 3.05) is 0 Å². The standard InChI is InChI=1S/C26H51N2/c1-4-7-9-11-12-13-14-15-16-18-20-23-28-25-24-27(22-6-3)26(28)21-19-17-10-8-5-2/h24-25H,4-23H2,1-3H3/q+1. The topological polar surface area (TPSA) is 8.81 Å². The lowest BCUT2D eigenvalue weighted by atomic mass is 10.1. The maximum atomic E-state index is 2.56. The quantitative estimate of drug-likeness (QED) is 0.157. The molecule has 2 nitrogen and oxygen atoms in total. The predicted octanol–water partition coefficient (Wildman–Crippen LogP) is 8.01. The van der Waals surface area contributed by atoms with Crippen molar-refractivity contribution in [2.24, 2.45) is 0 Å². The van der Waals surface area contributed by atoms with Crippen molar-refractivity contribution in [2.45, 2.75) is 149 Å². The maximum Gasteiger partial charge on any atom is 0.256 e. The Balaban J connectivity index is 2.18. The van der Waals surface area contributed by atoms with Crippen LogP contribution in [-0.4, -0.2) is 4.57 Å². The van der Waals surface area contributed by atoms with Gasteiger partial charge in [-0.2, -0.15) is 0 Å². The van der Waals surface area contributed by atoms with Crippen molar-refractivity contribution < 1.29 is 4.57 Å². The molecule has 0 aliphatic rings. The van der Waals surface area contributed by atoms with Gasteiger partial charge in [-0.15, -0.1) is 0 Å². The van der Waals surface area contributed by atoms with E-state index < -0.39 is 0 Å². The molecule has 0 bridgehead atoms. The second kappa shape index (κ2) is 18.3. The molecule has 28 heavy (non-hydrogen) atoms. The molecule has 0 fully saturated rings. The van der Waals surface area contributed by atoms with Gasteiger partial charge in [-0.1, -0.05) is 104 Å². The molecule has 0 saturated carbocycles. The van der Waals surface area contributed by atoms with Crippen LogP contribution in [0.25, 0.3) is 0 Å². The summed E-state index contributed by atoms with van der Waals surface area (Å²) in [6.07, 6.45) is 29.7. The Labute approximate surface area is 177 Å². The number of aryl methyl sites for hydroxylation is 2. The van der Waals surface area contributed by atoms with Crippen LogP contribution in [0.4, 0.5) is 0 Å². The van der Waals surface area contributed by atoms with Gasteiger partial charge in [-0.3, -0.25) is 0 Å². The second-order valence-electron chi connectivity index (χ2n) is 8.80. The average molecular weight is 392 g/mol. The summed E-state index contributed by atoms with van der Waals surface area (Å²) in [5.41, 5.74) is 0. The summed E-state index contributed by atoms with van der Waals surface area (Å²) in [4.78, 5) is 0. The van der Waals surface area contributed by atoms with Crippen LogP contribution in [0.15, 0.2) is 12.4 Å². The zero-order valence-electron chi connectivity index (χ0n) is 19.7. The minimum Gasteiger partial charge on any atom is -0.234 e. The van der Waals surface area contributed by atoms with Gasteiger partial charge in [0.25, 0.3) is 5.82 Å². The lowest BCUT2D eigenvalue weighted by Crippen LogP contribution is -2.37. The largest absolute Gasteiger partial charge is 0.256 e. The average Bonchev–Trinajstić information content (AvgIpc) is 3.08. The Hall–Kier alpha value is -0.790. The summed E-state index contributed by atoms with van der Waals surface area (Å²) in [5, 5.41) is 0. The highest BCUT2D eigenvalue weighted by Gasteiger charge is 2.15. The number of aromatic nitrogens is 2. The molecule has 0 radical (unpaired) electrons. The zero-order valence-corrected chi connectivity index (χ0v) is 19.7. The smallest absolute Gasteiger partial charge is 0.234 e. The molecule has 1 heterocycles. The minimum absolute atomic E-state index is 1.18. The van der Waals surface area contributed by atoms with Crippen LogP contribution in [0.5, 0.6) is 0 Å². The molecule has 0 atom stereocenters. The molecule has 2 heteroatoms. The number of nitrogens with zero attached hydrogens (tertiary/aromatic N) is 2. The van der Waals surface area contributed by atoms with Gasteiger partial charge < -0.3 is 0 Å². The Morgan fingerprint density at radius 1 is 0.607 bits per heavy atom. The van der Waals surface area contributed by atoms with E-state index in [1.807, 2.05) is 0 Å². The molecule has 0 amide bonds. The summed E-state index contributed by atoms with van der Waals surface area (Å²) in [7, 11) is 0. The van der Waals surface area contributed by atoms with Crippen molar-refractivity contribution in [3.05, 3.63) is 18.2 Å². The number of rotatable bonds is 20. The van der Waals surface area contributed by atoms with Crippen LogP contribution < -0.4 is 4.57 Å². The first-order valence-corrected chi connectivity index (χ1v) is 12.9. The highest BCUT2D eigenvalue weighted by Crippen LogP contribution is 2.13. The molecular weight excluding hydrogens is 340 g/mol. The van der Waals surface area contributed by atoms with Gasteiger partial charge in [0, 0.05) is 6.42 Å². The van der Waals surface area contributed by atoms with E-state index >= 15 is 0 Å². The molecule has 0 saturated heterocycles. The highest BCUT2D eigenvalue weighted by atomic mass is 15.1. The molecule has 0 unspecified atom stereocenters. The van der Waals surface area contributed by atoms with E-state index in [1.54, 1.807) is 5.82 Å². The van der Waals surface area contributed by atoms with Gasteiger partial charge in [0.05, 0.1) is 13.1 Å². The predicted molar refractivity (Wildman–Crippen MR) is 124 cm³/mol. The van der Waals surface area contributed by atoms with E-state index in [0.29, 0.717) is 0 Å². The summed E-state index contributed by atoms with van der Waals surface area (Å²) >= 11 is 0. The summed E-state index contributed by atoms with van der Waals surface area (Å²) < 4.78 is 5.07. The van der Waals surface area contributed by atoms with Crippen molar-refractivity contribution in [3.8, 4) is 0 Å². The molecule has 164 valence electrons. The summed E-state index contributed by atoms with van der Waals surface area (Å²) in [6, 6.07) is 0. The maximum absolute atomic E-state index is 2.56. The minimum atomic E-state index is 1.18. The highest BCUT2D eigenvalue weighted by molar-refractivity contribution is 4.84. The van der Waals surface area contributed by atoms with Crippen molar-refractivity contribution in [1.82, 2.24) is 4.57 Å². The Bertz CT molecular complexity index is 449. The lowest BCUT2D eigenvalue weighted by Gasteiger charge is -2.06. The van der Waals surface area contributed by atoms with Gasteiger partial charge in [0.15, 0.2) is 0 Å². The van der Waals surface area contributed by atoms with Gasteiger partial charge in [-0.25, -0.2) is 9.13 Å². The van der Waals surface area contributed by atoms with Gasteiger partial charge in [0.1, 0.15) is 12.4 Å². The first kappa shape index (κ1) is 25.2. The van der Waals surface area contributed by atoms with E-state index in [1.165, 1.54) is 129 Å². The molecule has 1 aromatic rings. The number of hydrogen-bond donors (Lipinski definition) is 0.